The standard InChI is InChI=1S/C20H17N3O/c1-14-9-17-11-21-22-19(17)10-18(14)16-7-8-20(24)23(13-16)12-15-5-3-2-4-6-15/h2-11,13H,12H2,1H3,(H,21,22). The minimum atomic E-state index is 0.00266. The summed E-state index contributed by atoms with van der Waals surface area (Å²) < 4.78 is 1.75. The molecule has 1 N–H and O–H groups in total. The molecule has 0 unspecified atom stereocenters. The maximum Gasteiger partial charge on any atom is 0.250 e. The van der Waals surface area contributed by atoms with Crippen molar-refractivity contribution in [2.75, 3.05) is 0 Å². The zero-order valence-corrected chi connectivity index (χ0v) is 13.4. The van der Waals surface area contributed by atoms with Crippen LogP contribution in [-0.4, -0.2) is 14.8 Å². The Morgan fingerprint density at radius 3 is 2.75 bits per heavy atom. The molecule has 4 aromatic rings. The molecule has 2 aromatic carbocycles. The number of H-pyrrole nitrogens is 1. The third-order valence-corrected chi connectivity index (χ3v) is 4.28. The molecule has 0 aliphatic rings. The normalized spacial score (nSPS) is 11.0. The van der Waals surface area contributed by atoms with Gasteiger partial charge in [-0.2, -0.15) is 5.10 Å². The molecule has 2 aromatic heterocycles. The largest absolute Gasteiger partial charge is 0.310 e. The number of rotatable bonds is 3. The fraction of sp³-hybridized carbons (Fsp3) is 0.100. The Bertz CT molecular complexity index is 1060. The molecule has 4 heteroatoms. The fourth-order valence-electron chi connectivity index (χ4n) is 3.01. The molecule has 4 rings (SSSR count). The van der Waals surface area contributed by atoms with E-state index in [2.05, 4.69) is 29.3 Å². The summed E-state index contributed by atoms with van der Waals surface area (Å²) in [5.74, 6) is 0. The van der Waals surface area contributed by atoms with Crippen LogP contribution in [0.25, 0.3) is 22.0 Å². The third kappa shape index (κ3) is 2.63. The van der Waals surface area contributed by atoms with Gasteiger partial charge in [-0.3, -0.25) is 9.89 Å². The maximum atomic E-state index is 12.2. The summed E-state index contributed by atoms with van der Waals surface area (Å²) in [7, 11) is 0. The van der Waals surface area contributed by atoms with Crippen LogP contribution in [-0.2, 0) is 6.54 Å². The average molecular weight is 315 g/mol. The second-order valence-corrected chi connectivity index (χ2v) is 5.99. The molecular weight excluding hydrogens is 298 g/mol. The van der Waals surface area contributed by atoms with Crippen molar-refractivity contribution in [1.29, 1.82) is 0 Å². The van der Waals surface area contributed by atoms with E-state index in [0.717, 1.165) is 33.2 Å². The van der Waals surface area contributed by atoms with Gasteiger partial charge in [0.05, 0.1) is 18.3 Å². The van der Waals surface area contributed by atoms with Crippen LogP contribution in [0.15, 0.2) is 71.8 Å². The first kappa shape index (κ1) is 14.5. The monoisotopic (exact) mass is 315 g/mol. The summed E-state index contributed by atoms with van der Waals surface area (Å²) >= 11 is 0. The molecule has 0 bridgehead atoms. The lowest BCUT2D eigenvalue weighted by atomic mass is 10.0. The number of aryl methyl sites for hydroxylation is 1. The van der Waals surface area contributed by atoms with Crippen LogP contribution >= 0.6 is 0 Å². The molecule has 0 fully saturated rings. The van der Waals surface area contributed by atoms with Crippen LogP contribution in [0, 0.1) is 6.92 Å². The predicted octanol–water partition coefficient (Wildman–Crippen LogP) is 3.75. The molecular formula is C20H17N3O. The van der Waals surface area contributed by atoms with Gasteiger partial charge in [0.2, 0.25) is 0 Å². The zero-order valence-electron chi connectivity index (χ0n) is 13.4. The quantitative estimate of drug-likeness (QED) is 0.626. The lowest BCUT2D eigenvalue weighted by Crippen LogP contribution is -2.19. The van der Waals surface area contributed by atoms with Crippen molar-refractivity contribution in [3.05, 3.63) is 88.5 Å². The van der Waals surface area contributed by atoms with Crippen molar-refractivity contribution < 1.29 is 0 Å². The summed E-state index contributed by atoms with van der Waals surface area (Å²) in [4.78, 5) is 12.2. The second-order valence-electron chi connectivity index (χ2n) is 5.99. The smallest absolute Gasteiger partial charge is 0.250 e. The SMILES string of the molecule is Cc1cc2cn[nH]c2cc1-c1ccc(=O)n(Cc2ccccc2)c1. The van der Waals surface area contributed by atoms with Gasteiger partial charge in [0.1, 0.15) is 0 Å². The van der Waals surface area contributed by atoms with E-state index in [1.165, 1.54) is 0 Å². The topological polar surface area (TPSA) is 50.7 Å². The van der Waals surface area contributed by atoms with Gasteiger partial charge >= 0.3 is 0 Å². The minimum Gasteiger partial charge on any atom is -0.310 e. The van der Waals surface area contributed by atoms with Gasteiger partial charge in [-0.05, 0) is 47.4 Å². The van der Waals surface area contributed by atoms with Gasteiger partial charge in [-0.1, -0.05) is 30.3 Å². The highest BCUT2D eigenvalue weighted by Gasteiger charge is 2.08. The summed E-state index contributed by atoms with van der Waals surface area (Å²) in [5.41, 5.74) is 5.40. The van der Waals surface area contributed by atoms with E-state index in [9.17, 15) is 4.79 Å². The molecule has 118 valence electrons. The Balaban J connectivity index is 1.79. The lowest BCUT2D eigenvalue weighted by Gasteiger charge is -2.11. The number of nitrogens with one attached hydrogen (secondary N) is 1. The number of fused-ring (bicyclic) bond motifs is 1. The Hall–Kier alpha value is -3.14. The molecule has 2 heterocycles. The Morgan fingerprint density at radius 2 is 1.92 bits per heavy atom. The van der Waals surface area contributed by atoms with Crippen molar-refractivity contribution in [2.24, 2.45) is 0 Å². The first-order valence-electron chi connectivity index (χ1n) is 7.89. The van der Waals surface area contributed by atoms with Crippen LogP contribution in [0.5, 0.6) is 0 Å². The first-order chi connectivity index (χ1) is 11.7. The van der Waals surface area contributed by atoms with E-state index in [1.807, 2.05) is 48.8 Å². The number of pyridine rings is 1. The van der Waals surface area contributed by atoms with Crippen LogP contribution in [0.4, 0.5) is 0 Å². The summed E-state index contributed by atoms with van der Waals surface area (Å²) in [6.07, 6.45) is 3.75. The average Bonchev–Trinajstić information content (AvgIpc) is 3.04. The van der Waals surface area contributed by atoms with E-state index < -0.39 is 0 Å². The van der Waals surface area contributed by atoms with Gasteiger partial charge in [0.25, 0.3) is 5.56 Å². The van der Waals surface area contributed by atoms with E-state index in [0.29, 0.717) is 6.54 Å². The Labute approximate surface area is 139 Å². The number of aromatic nitrogens is 3. The highest BCUT2D eigenvalue weighted by atomic mass is 16.1. The molecule has 4 nitrogen and oxygen atoms in total. The van der Waals surface area contributed by atoms with Crippen LogP contribution in [0.2, 0.25) is 0 Å². The zero-order chi connectivity index (χ0) is 16.5. The summed E-state index contributed by atoms with van der Waals surface area (Å²) in [6.45, 7) is 2.65. The van der Waals surface area contributed by atoms with Crippen molar-refractivity contribution in [3.63, 3.8) is 0 Å². The van der Waals surface area contributed by atoms with E-state index in [1.54, 1.807) is 10.6 Å². The number of hydrogen-bond donors (Lipinski definition) is 1. The molecule has 24 heavy (non-hydrogen) atoms. The minimum absolute atomic E-state index is 0.00266. The molecule has 0 spiro atoms. The highest BCUT2D eigenvalue weighted by Crippen LogP contribution is 2.26. The number of benzene rings is 2. The molecule has 0 atom stereocenters. The van der Waals surface area contributed by atoms with Crippen LogP contribution in [0.3, 0.4) is 0 Å². The summed E-state index contributed by atoms with van der Waals surface area (Å²) in [5, 5.41) is 8.18. The molecule has 0 aliphatic carbocycles. The van der Waals surface area contributed by atoms with Crippen LogP contribution in [0.1, 0.15) is 11.1 Å². The van der Waals surface area contributed by atoms with E-state index >= 15 is 0 Å². The molecule has 0 saturated heterocycles. The summed E-state index contributed by atoms with van der Waals surface area (Å²) in [6, 6.07) is 17.7. The number of hydrogen-bond acceptors (Lipinski definition) is 2. The lowest BCUT2D eigenvalue weighted by molar-refractivity contribution is 0.761. The molecule has 0 saturated carbocycles. The van der Waals surface area contributed by atoms with Crippen molar-refractivity contribution >= 4 is 10.9 Å². The predicted molar refractivity (Wildman–Crippen MR) is 96.1 cm³/mol. The van der Waals surface area contributed by atoms with Gasteiger partial charge < -0.3 is 4.57 Å². The number of nitrogens with zero attached hydrogens (tertiary/aromatic N) is 2. The molecule has 0 radical (unpaired) electrons. The Kier molecular flexibility index (Phi) is 3.50. The maximum absolute atomic E-state index is 12.2. The van der Waals surface area contributed by atoms with Gasteiger partial charge in [0.15, 0.2) is 0 Å². The highest BCUT2D eigenvalue weighted by molar-refractivity contribution is 5.85. The van der Waals surface area contributed by atoms with E-state index in [-0.39, 0.29) is 5.56 Å². The van der Waals surface area contributed by atoms with Gasteiger partial charge in [0, 0.05) is 17.6 Å². The third-order valence-electron chi connectivity index (χ3n) is 4.28. The molecule has 0 amide bonds. The van der Waals surface area contributed by atoms with Crippen molar-refractivity contribution in [2.45, 2.75) is 13.5 Å². The number of aromatic amines is 1. The van der Waals surface area contributed by atoms with Gasteiger partial charge in [-0.25, -0.2) is 0 Å². The Morgan fingerprint density at radius 1 is 1.08 bits per heavy atom. The van der Waals surface area contributed by atoms with Crippen molar-refractivity contribution in [1.82, 2.24) is 14.8 Å². The van der Waals surface area contributed by atoms with Crippen molar-refractivity contribution in [3.8, 4) is 11.1 Å². The van der Waals surface area contributed by atoms with Gasteiger partial charge in [-0.15, -0.1) is 0 Å². The van der Waals surface area contributed by atoms with E-state index in [4.69, 9.17) is 0 Å². The first-order valence-corrected chi connectivity index (χ1v) is 7.89. The second kappa shape index (κ2) is 5.81. The molecule has 0 aliphatic heterocycles. The fourth-order valence-corrected chi connectivity index (χ4v) is 3.01. The van der Waals surface area contributed by atoms with Crippen LogP contribution < -0.4 is 5.56 Å².